The highest BCUT2D eigenvalue weighted by atomic mass is 19.1. The summed E-state index contributed by atoms with van der Waals surface area (Å²) in [6.07, 6.45) is 5.99. The number of aromatic nitrogens is 2. The molecule has 1 aliphatic heterocycles. The average molecular weight is 301 g/mol. The molecule has 0 radical (unpaired) electrons. The summed E-state index contributed by atoms with van der Waals surface area (Å²) in [5, 5.41) is 0. The molecule has 0 spiro atoms. The molecule has 1 aromatic heterocycles. The zero-order valence-corrected chi connectivity index (χ0v) is 12.7. The molecule has 0 amide bonds. The van der Waals surface area contributed by atoms with Crippen molar-refractivity contribution in [3.8, 4) is 0 Å². The molecular weight excluding hydrogens is 281 g/mol. The number of nitrogens with zero attached hydrogens (tertiary/aromatic N) is 3. The predicted molar refractivity (Wildman–Crippen MR) is 81.5 cm³/mol. The summed E-state index contributed by atoms with van der Waals surface area (Å²) in [6, 6.07) is 7.19. The standard InChI is InChI=1S/C17H20FN3O/c1-22-12-17-19-9-13(10-20-17)11-21-8-2-3-16(21)14-4-6-15(18)7-5-14/h4-7,9-10,16H,2-3,8,11-12H2,1H3. The molecule has 1 saturated heterocycles. The molecule has 0 aliphatic carbocycles. The Balaban J connectivity index is 1.69. The van der Waals surface area contributed by atoms with Crippen molar-refractivity contribution >= 4 is 0 Å². The van der Waals surface area contributed by atoms with Crippen LogP contribution in [-0.4, -0.2) is 28.5 Å². The van der Waals surface area contributed by atoms with Crippen LogP contribution in [0.4, 0.5) is 4.39 Å². The summed E-state index contributed by atoms with van der Waals surface area (Å²) in [7, 11) is 1.63. The molecule has 2 heterocycles. The average Bonchev–Trinajstić information content (AvgIpc) is 2.98. The smallest absolute Gasteiger partial charge is 0.153 e. The molecule has 22 heavy (non-hydrogen) atoms. The van der Waals surface area contributed by atoms with Crippen LogP contribution in [0.5, 0.6) is 0 Å². The first kappa shape index (κ1) is 15.1. The van der Waals surface area contributed by atoms with Crippen molar-refractivity contribution < 1.29 is 9.13 Å². The zero-order valence-electron chi connectivity index (χ0n) is 12.7. The molecule has 3 rings (SSSR count). The first-order valence-electron chi connectivity index (χ1n) is 7.54. The summed E-state index contributed by atoms with van der Waals surface area (Å²) < 4.78 is 18.1. The van der Waals surface area contributed by atoms with Crippen molar-refractivity contribution in [3.63, 3.8) is 0 Å². The Kier molecular flexibility index (Phi) is 4.75. The van der Waals surface area contributed by atoms with Crippen LogP contribution >= 0.6 is 0 Å². The lowest BCUT2D eigenvalue weighted by atomic mass is 10.0. The highest BCUT2D eigenvalue weighted by Gasteiger charge is 2.26. The van der Waals surface area contributed by atoms with E-state index in [2.05, 4.69) is 14.9 Å². The number of rotatable bonds is 5. The van der Waals surface area contributed by atoms with Gasteiger partial charge in [-0.2, -0.15) is 0 Å². The normalized spacial score (nSPS) is 18.7. The molecule has 5 heteroatoms. The van der Waals surface area contributed by atoms with Crippen LogP contribution in [0.3, 0.4) is 0 Å². The van der Waals surface area contributed by atoms with E-state index in [1.165, 1.54) is 17.7 Å². The van der Waals surface area contributed by atoms with Crippen LogP contribution in [0, 0.1) is 5.82 Å². The van der Waals surface area contributed by atoms with Gasteiger partial charge in [0.1, 0.15) is 12.4 Å². The quantitative estimate of drug-likeness (QED) is 0.850. The van der Waals surface area contributed by atoms with E-state index in [0.29, 0.717) is 18.5 Å². The number of halogens is 1. The lowest BCUT2D eigenvalue weighted by Crippen LogP contribution is -2.23. The van der Waals surface area contributed by atoms with Gasteiger partial charge in [0.25, 0.3) is 0 Å². The molecule has 0 saturated carbocycles. The van der Waals surface area contributed by atoms with Gasteiger partial charge in [-0.1, -0.05) is 12.1 Å². The molecular formula is C17H20FN3O. The highest BCUT2D eigenvalue weighted by molar-refractivity contribution is 5.21. The van der Waals surface area contributed by atoms with E-state index >= 15 is 0 Å². The van der Waals surface area contributed by atoms with Crippen LogP contribution in [0.15, 0.2) is 36.7 Å². The maximum Gasteiger partial charge on any atom is 0.153 e. The molecule has 1 aromatic carbocycles. The number of methoxy groups -OCH3 is 1. The number of ether oxygens (including phenoxy) is 1. The lowest BCUT2D eigenvalue weighted by Gasteiger charge is -2.24. The van der Waals surface area contributed by atoms with Gasteiger partial charge in [-0.25, -0.2) is 14.4 Å². The first-order valence-corrected chi connectivity index (χ1v) is 7.54. The van der Waals surface area contributed by atoms with E-state index in [-0.39, 0.29) is 5.82 Å². The Hall–Kier alpha value is -1.85. The second kappa shape index (κ2) is 6.94. The van der Waals surface area contributed by atoms with Crippen LogP contribution in [0.25, 0.3) is 0 Å². The summed E-state index contributed by atoms with van der Waals surface area (Å²) in [5.74, 6) is 0.512. The minimum absolute atomic E-state index is 0.185. The molecule has 0 N–H and O–H groups in total. The largest absolute Gasteiger partial charge is 0.377 e. The lowest BCUT2D eigenvalue weighted by molar-refractivity contribution is 0.177. The van der Waals surface area contributed by atoms with Crippen LogP contribution in [-0.2, 0) is 17.9 Å². The fraction of sp³-hybridized carbons (Fsp3) is 0.412. The van der Waals surface area contributed by atoms with Gasteiger partial charge in [0.15, 0.2) is 5.82 Å². The zero-order chi connectivity index (χ0) is 15.4. The minimum atomic E-state index is -0.185. The van der Waals surface area contributed by atoms with Crippen molar-refractivity contribution in [1.82, 2.24) is 14.9 Å². The highest BCUT2D eigenvalue weighted by Crippen LogP contribution is 2.32. The number of hydrogen-bond acceptors (Lipinski definition) is 4. The van der Waals surface area contributed by atoms with Gasteiger partial charge in [-0.05, 0) is 37.1 Å². The van der Waals surface area contributed by atoms with E-state index in [4.69, 9.17) is 4.74 Å². The fourth-order valence-electron chi connectivity index (χ4n) is 2.98. The van der Waals surface area contributed by atoms with Crippen molar-refractivity contribution in [2.75, 3.05) is 13.7 Å². The van der Waals surface area contributed by atoms with Gasteiger partial charge in [-0.3, -0.25) is 4.90 Å². The van der Waals surface area contributed by atoms with Crippen molar-refractivity contribution in [3.05, 3.63) is 59.4 Å². The van der Waals surface area contributed by atoms with Gasteiger partial charge < -0.3 is 4.74 Å². The fourth-order valence-corrected chi connectivity index (χ4v) is 2.98. The van der Waals surface area contributed by atoms with Crippen LogP contribution < -0.4 is 0 Å². The summed E-state index contributed by atoms with van der Waals surface area (Å²) in [5.41, 5.74) is 2.27. The van der Waals surface area contributed by atoms with E-state index in [9.17, 15) is 4.39 Å². The van der Waals surface area contributed by atoms with Crippen molar-refractivity contribution in [2.45, 2.75) is 32.0 Å². The topological polar surface area (TPSA) is 38.2 Å². The predicted octanol–water partition coefficient (Wildman–Crippen LogP) is 3.10. The molecule has 4 nitrogen and oxygen atoms in total. The molecule has 2 aromatic rings. The van der Waals surface area contributed by atoms with Gasteiger partial charge in [0, 0.05) is 37.7 Å². The van der Waals surface area contributed by atoms with E-state index in [1.54, 1.807) is 7.11 Å². The minimum Gasteiger partial charge on any atom is -0.377 e. The summed E-state index contributed by atoms with van der Waals surface area (Å²) >= 11 is 0. The Bertz CT molecular complexity index is 600. The van der Waals surface area contributed by atoms with E-state index < -0.39 is 0 Å². The Labute approximate surface area is 130 Å². The molecule has 1 unspecified atom stereocenters. The maximum absolute atomic E-state index is 13.1. The number of hydrogen-bond donors (Lipinski definition) is 0. The van der Waals surface area contributed by atoms with Gasteiger partial charge in [0.05, 0.1) is 0 Å². The summed E-state index contributed by atoms with van der Waals surface area (Å²) in [4.78, 5) is 11.0. The number of benzene rings is 1. The van der Waals surface area contributed by atoms with Crippen LogP contribution in [0.1, 0.15) is 35.8 Å². The Morgan fingerprint density at radius 3 is 2.64 bits per heavy atom. The number of likely N-dealkylation sites (tertiary alicyclic amines) is 1. The molecule has 1 aliphatic rings. The van der Waals surface area contributed by atoms with E-state index in [0.717, 1.165) is 31.5 Å². The van der Waals surface area contributed by atoms with Crippen molar-refractivity contribution in [1.29, 1.82) is 0 Å². The second-order valence-corrected chi connectivity index (χ2v) is 5.62. The summed E-state index contributed by atoms with van der Waals surface area (Å²) in [6.45, 7) is 2.29. The second-order valence-electron chi connectivity index (χ2n) is 5.62. The van der Waals surface area contributed by atoms with Gasteiger partial charge in [0.2, 0.25) is 0 Å². The molecule has 1 atom stereocenters. The van der Waals surface area contributed by atoms with E-state index in [1.807, 2.05) is 24.5 Å². The molecule has 0 bridgehead atoms. The SMILES string of the molecule is COCc1ncc(CN2CCCC2c2ccc(F)cc2)cn1. The third-order valence-electron chi connectivity index (χ3n) is 4.04. The Morgan fingerprint density at radius 1 is 1.23 bits per heavy atom. The Morgan fingerprint density at radius 2 is 1.95 bits per heavy atom. The molecule has 116 valence electrons. The van der Waals surface area contributed by atoms with Gasteiger partial charge >= 0.3 is 0 Å². The van der Waals surface area contributed by atoms with Crippen LogP contribution in [0.2, 0.25) is 0 Å². The van der Waals surface area contributed by atoms with Gasteiger partial charge in [-0.15, -0.1) is 0 Å². The third-order valence-corrected chi connectivity index (χ3v) is 4.04. The third kappa shape index (κ3) is 3.48. The maximum atomic E-state index is 13.1. The van der Waals surface area contributed by atoms with Crippen molar-refractivity contribution in [2.24, 2.45) is 0 Å². The monoisotopic (exact) mass is 301 g/mol. The molecule has 1 fully saturated rings. The first-order chi connectivity index (χ1) is 10.8.